The van der Waals surface area contributed by atoms with Gasteiger partial charge in [0.05, 0.1) is 0 Å². The fourth-order valence-electron chi connectivity index (χ4n) is 1.37. The molecule has 0 bridgehead atoms. The summed E-state index contributed by atoms with van der Waals surface area (Å²) < 4.78 is 0. The lowest BCUT2D eigenvalue weighted by Gasteiger charge is -2.14. The summed E-state index contributed by atoms with van der Waals surface area (Å²) in [5.41, 5.74) is 2.63. The fourth-order valence-corrected chi connectivity index (χ4v) is 1.71. The molecule has 0 saturated heterocycles. The molecule has 1 aromatic rings. The number of rotatable bonds is 5. The van der Waals surface area contributed by atoms with Crippen LogP contribution in [0.4, 0.5) is 0 Å². The summed E-state index contributed by atoms with van der Waals surface area (Å²) in [6, 6.07) is 10.4. The summed E-state index contributed by atoms with van der Waals surface area (Å²) in [5, 5.41) is 3.47. The lowest BCUT2D eigenvalue weighted by molar-refractivity contribution is 0.722. The van der Waals surface area contributed by atoms with Crippen LogP contribution in [-0.4, -0.2) is 6.54 Å². The Labute approximate surface area is 101 Å². The van der Waals surface area contributed by atoms with E-state index in [-0.39, 0.29) is 0 Å². The Bertz CT molecular complexity index is 354. The molecule has 2 unspecified atom stereocenters. The van der Waals surface area contributed by atoms with Crippen molar-refractivity contribution in [3.8, 4) is 0 Å². The van der Waals surface area contributed by atoms with E-state index in [1.807, 2.05) is 19.1 Å². The van der Waals surface area contributed by atoms with E-state index in [4.69, 9.17) is 0 Å². The largest absolute Gasteiger partial charge is 0.303 e. The third-order valence-corrected chi connectivity index (χ3v) is 2.95. The molecule has 16 heavy (non-hydrogen) atoms. The maximum atomic E-state index is 3.47. The van der Waals surface area contributed by atoms with Crippen molar-refractivity contribution in [3.63, 3.8) is 0 Å². The number of hydrogen-bond acceptors (Lipinski definition) is 1. The lowest BCUT2D eigenvalue weighted by atomic mass is 10.2. The molecule has 0 saturated carbocycles. The molecule has 0 radical (unpaired) electrons. The second kappa shape index (κ2) is 7.38. The van der Waals surface area contributed by atoms with E-state index in [9.17, 15) is 0 Å². The molecule has 0 aliphatic rings. The maximum Gasteiger partial charge on any atom is 0.0466 e. The average Bonchev–Trinajstić information content (AvgIpc) is 2.34. The van der Waals surface area contributed by atoms with Crippen LogP contribution < -0.4 is 5.32 Å². The van der Waals surface area contributed by atoms with Crippen LogP contribution in [0.25, 0.3) is 0 Å². The SMILES string of the molecule is C/C=C\C=C(/C)CNC(P)c1ccccc1. The second-order valence-corrected chi connectivity index (χ2v) is 4.47. The van der Waals surface area contributed by atoms with Crippen molar-refractivity contribution in [2.24, 2.45) is 0 Å². The lowest BCUT2D eigenvalue weighted by Crippen LogP contribution is -2.18. The zero-order valence-corrected chi connectivity index (χ0v) is 11.1. The molecule has 0 aromatic heterocycles. The van der Waals surface area contributed by atoms with E-state index >= 15 is 0 Å². The van der Waals surface area contributed by atoms with E-state index in [0.717, 1.165) is 6.54 Å². The van der Waals surface area contributed by atoms with Gasteiger partial charge in [0, 0.05) is 12.3 Å². The fraction of sp³-hybridized carbons (Fsp3) is 0.286. The van der Waals surface area contributed by atoms with Crippen LogP contribution in [0.5, 0.6) is 0 Å². The third-order valence-electron chi connectivity index (χ3n) is 2.33. The van der Waals surface area contributed by atoms with Crippen LogP contribution in [0.3, 0.4) is 0 Å². The van der Waals surface area contributed by atoms with Crippen LogP contribution in [0.2, 0.25) is 0 Å². The van der Waals surface area contributed by atoms with Gasteiger partial charge < -0.3 is 5.32 Å². The molecule has 1 N–H and O–H groups in total. The van der Waals surface area contributed by atoms with Gasteiger partial charge in [-0.15, -0.1) is 9.24 Å². The highest BCUT2D eigenvalue weighted by Gasteiger charge is 2.02. The summed E-state index contributed by atoms with van der Waals surface area (Å²) in [7, 11) is 2.83. The number of benzene rings is 1. The van der Waals surface area contributed by atoms with Gasteiger partial charge in [-0.05, 0) is 19.4 Å². The minimum Gasteiger partial charge on any atom is -0.303 e. The summed E-state index contributed by atoms with van der Waals surface area (Å²) in [6.07, 6.45) is 6.24. The normalized spacial score (nSPS) is 14.3. The van der Waals surface area contributed by atoms with E-state index < -0.39 is 0 Å². The summed E-state index contributed by atoms with van der Waals surface area (Å²) in [6.45, 7) is 5.07. The second-order valence-electron chi connectivity index (χ2n) is 3.81. The topological polar surface area (TPSA) is 12.0 Å². The third kappa shape index (κ3) is 4.74. The van der Waals surface area contributed by atoms with E-state index in [1.165, 1.54) is 11.1 Å². The standard InChI is InChI=1S/C14H20NP/c1-3-4-8-12(2)11-15-14(16)13-9-6-5-7-10-13/h3-10,14-15H,11,16H2,1-2H3/b4-3-,12-8+. The minimum atomic E-state index is 0.315. The van der Waals surface area contributed by atoms with Gasteiger partial charge in [0.2, 0.25) is 0 Å². The number of nitrogens with one attached hydrogen (secondary N) is 1. The van der Waals surface area contributed by atoms with Gasteiger partial charge in [0.25, 0.3) is 0 Å². The van der Waals surface area contributed by atoms with E-state index in [0.29, 0.717) is 5.78 Å². The first-order valence-corrected chi connectivity index (χ1v) is 6.23. The summed E-state index contributed by atoms with van der Waals surface area (Å²) in [5.74, 6) is 0.315. The van der Waals surface area contributed by atoms with Gasteiger partial charge in [-0.2, -0.15) is 0 Å². The first kappa shape index (κ1) is 13.2. The molecule has 86 valence electrons. The van der Waals surface area contributed by atoms with Crippen LogP contribution in [-0.2, 0) is 0 Å². The van der Waals surface area contributed by atoms with Gasteiger partial charge in [0.1, 0.15) is 0 Å². The van der Waals surface area contributed by atoms with Crippen molar-refractivity contribution >= 4 is 9.24 Å². The molecule has 1 nitrogen and oxygen atoms in total. The Morgan fingerprint density at radius 3 is 2.69 bits per heavy atom. The van der Waals surface area contributed by atoms with Crippen molar-refractivity contribution in [2.45, 2.75) is 19.6 Å². The molecule has 0 amide bonds. The Balaban J connectivity index is 2.44. The molecule has 2 heteroatoms. The summed E-state index contributed by atoms with van der Waals surface area (Å²) >= 11 is 0. The van der Waals surface area contributed by atoms with Crippen molar-refractivity contribution in [2.75, 3.05) is 6.54 Å². The van der Waals surface area contributed by atoms with Gasteiger partial charge in [-0.25, -0.2) is 0 Å². The maximum absolute atomic E-state index is 3.47. The molecular formula is C14H20NP. The highest BCUT2D eigenvalue weighted by atomic mass is 31.0. The van der Waals surface area contributed by atoms with Crippen LogP contribution in [0.1, 0.15) is 25.2 Å². The molecule has 0 fully saturated rings. The first-order chi connectivity index (χ1) is 7.74. The van der Waals surface area contributed by atoms with Gasteiger partial charge in [0.15, 0.2) is 0 Å². The Morgan fingerprint density at radius 2 is 2.06 bits per heavy atom. The highest BCUT2D eigenvalue weighted by molar-refractivity contribution is 7.17. The molecule has 0 spiro atoms. The molecular weight excluding hydrogens is 213 g/mol. The van der Waals surface area contributed by atoms with E-state index in [2.05, 4.69) is 57.9 Å². The Hall–Kier alpha value is -0.910. The monoisotopic (exact) mass is 233 g/mol. The first-order valence-electron chi connectivity index (χ1n) is 5.56. The van der Waals surface area contributed by atoms with Crippen molar-refractivity contribution in [1.29, 1.82) is 0 Å². The van der Waals surface area contributed by atoms with Gasteiger partial charge in [-0.3, -0.25) is 0 Å². The summed E-state index contributed by atoms with van der Waals surface area (Å²) in [4.78, 5) is 0. The zero-order chi connectivity index (χ0) is 11.8. The number of hydrogen-bond donors (Lipinski definition) is 1. The van der Waals surface area contributed by atoms with Crippen LogP contribution in [0, 0.1) is 0 Å². The predicted molar refractivity (Wildman–Crippen MR) is 75.5 cm³/mol. The number of allylic oxidation sites excluding steroid dienone is 3. The zero-order valence-electron chi connectivity index (χ0n) is 9.98. The minimum absolute atomic E-state index is 0.315. The Morgan fingerprint density at radius 1 is 1.38 bits per heavy atom. The van der Waals surface area contributed by atoms with Crippen molar-refractivity contribution in [3.05, 3.63) is 59.7 Å². The average molecular weight is 233 g/mol. The van der Waals surface area contributed by atoms with Crippen LogP contribution >= 0.6 is 9.24 Å². The molecule has 1 rings (SSSR count). The molecule has 2 atom stereocenters. The van der Waals surface area contributed by atoms with Gasteiger partial charge >= 0.3 is 0 Å². The van der Waals surface area contributed by atoms with Crippen molar-refractivity contribution < 1.29 is 0 Å². The molecule has 0 heterocycles. The molecule has 1 aromatic carbocycles. The van der Waals surface area contributed by atoms with Gasteiger partial charge in [-0.1, -0.05) is 54.1 Å². The van der Waals surface area contributed by atoms with Crippen LogP contribution in [0.15, 0.2) is 54.1 Å². The molecule has 0 aliphatic carbocycles. The quantitative estimate of drug-likeness (QED) is 0.604. The Kier molecular flexibility index (Phi) is 6.07. The van der Waals surface area contributed by atoms with Crippen molar-refractivity contribution in [1.82, 2.24) is 5.32 Å². The molecule has 0 aliphatic heterocycles. The highest BCUT2D eigenvalue weighted by Crippen LogP contribution is 2.19. The smallest absolute Gasteiger partial charge is 0.0466 e. The predicted octanol–water partition coefficient (Wildman–Crippen LogP) is 3.67. The van der Waals surface area contributed by atoms with E-state index in [1.54, 1.807) is 0 Å².